The van der Waals surface area contributed by atoms with Gasteiger partial charge in [-0.25, -0.2) is 12.8 Å². The van der Waals surface area contributed by atoms with Crippen LogP contribution in [0.4, 0.5) is 4.39 Å². The average Bonchev–Trinajstić information content (AvgIpc) is 2.76. The van der Waals surface area contributed by atoms with Crippen LogP contribution < -0.4 is 5.32 Å². The molecule has 178 valence electrons. The van der Waals surface area contributed by atoms with Crippen molar-refractivity contribution >= 4 is 27.8 Å². The zero-order valence-corrected chi connectivity index (χ0v) is 18.9. The minimum absolute atomic E-state index is 0.0100. The average molecular weight is 474 g/mol. The number of nitrogens with one attached hydrogen (secondary N) is 1. The highest BCUT2D eigenvalue weighted by Crippen LogP contribution is 2.12. The van der Waals surface area contributed by atoms with Crippen LogP contribution in [0.3, 0.4) is 0 Å². The van der Waals surface area contributed by atoms with Crippen LogP contribution >= 0.6 is 0 Å². The number of halogens is 1. The molecule has 1 fully saturated rings. The highest BCUT2D eigenvalue weighted by atomic mass is 32.2. The molecule has 1 aliphatic rings. The summed E-state index contributed by atoms with van der Waals surface area (Å²) >= 11 is 0. The molecule has 1 aromatic carbocycles. The molecule has 12 heteroatoms. The number of carbonyl (C=O) groups excluding carboxylic acids is 3. The van der Waals surface area contributed by atoms with E-state index in [-0.39, 0.29) is 57.8 Å². The second-order valence-corrected chi connectivity index (χ2v) is 9.25. The summed E-state index contributed by atoms with van der Waals surface area (Å²) < 4.78 is 47.6. The Morgan fingerprint density at radius 3 is 2.28 bits per heavy atom. The number of hydrogen-bond donors (Lipinski definition) is 1. The van der Waals surface area contributed by atoms with Crippen molar-refractivity contribution in [2.24, 2.45) is 0 Å². The molecule has 2 rings (SSSR count). The molecule has 1 N–H and O–H groups in total. The Labute approximate surface area is 186 Å². The van der Waals surface area contributed by atoms with Gasteiger partial charge in [0.2, 0.25) is 15.9 Å². The van der Waals surface area contributed by atoms with Crippen LogP contribution in [0.2, 0.25) is 0 Å². The van der Waals surface area contributed by atoms with Crippen molar-refractivity contribution in [3.63, 3.8) is 0 Å². The molecule has 1 saturated heterocycles. The third-order valence-electron chi connectivity index (χ3n) is 4.92. The standard InChI is InChI=1S/C20H28FN3O7S/c1-30-13-14-31-18(25)8-7-17(22-19(26)15-3-5-16(21)6-4-15)20(27)23-9-11-24(12-10-23)32(2,28)29/h3-6,17H,7-14H2,1-2H3,(H,22,26)/t17-/m0/s1. The van der Waals surface area contributed by atoms with E-state index in [4.69, 9.17) is 9.47 Å². The molecule has 1 aliphatic heterocycles. The lowest BCUT2D eigenvalue weighted by atomic mass is 10.1. The van der Waals surface area contributed by atoms with E-state index in [0.717, 1.165) is 18.4 Å². The molecule has 0 radical (unpaired) electrons. The van der Waals surface area contributed by atoms with Gasteiger partial charge in [-0.15, -0.1) is 0 Å². The van der Waals surface area contributed by atoms with Gasteiger partial charge in [-0.2, -0.15) is 4.31 Å². The number of esters is 1. The van der Waals surface area contributed by atoms with Gasteiger partial charge >= 0.3 is 5.97 Å². The van der Waals surface area contributed by atoms with Gasteiger partial charge in [0.05, 0.1) is 12.9 Å². The maximum atomic E-state index is 13.1. The lowest BCUT2D eigenvalue weighted by molar-refractivity contribution is -0.145. The molecule has 1 atom stereocenters. The van der Waals surface area contributed by atoms with E-state index in [9.17, 15) is 27.2 Å². The second kappa shape index (κ2) is 11.9. The van der Waals surface area contributed by atoms with Crippen molar-refractivity contribution < 1.29 is 36.7 Å². The van der Waals surface area contributed by atoms with E-state index in [2.05, 4.69) is 5.32 Å². The van der Waals surface area contributed by atoms with Gasteiger partial charge in [0.1, 0.15) is 18.5 Å². The Morgan fingerprint density at radius 2 is 1.72 bits per heavy atom. The molecule has 32 heavy (non-hydrogen) atoms. The monoisotopic (exact) mass is 473 g/mol. The second-order valence-electron chi connectivity index (χ2n) is 7.27. The molecule has 10 nitrogen and oxygen atoms in total. The summed E-state index contributed by atoms with van der Waals surface area (Å²) in [5.74, 6) is -2.07. The number of sulfonamides is 1. The predicted octanol–water partition coefficient (Wildman–Crippen LogP) is -0.00230. The number of hydrogen-bond acceptors (Lipinski definition) is 7. The zero-order valence-electron chi connectivity index (χ0n) is 18.1. The zero-order chi connectivity index (χ0) is 23.7. The SMILES string of the molecule is COCCOC(=O)CC[C@H](NC(=O)c1ccc(F)cc1)C(=O)N1CCN(S(C)(=O)=O)CC1. The molecule has 0 bridgehead atoms. The van der Waals surface area contributed by atoms with E-state index < -0.39 is 39.7 Å². The van der Waals surface area contributed by atoms with E-state index in [1.54, 1.807) is 0 Å². The Hall–Kier alpha value is -2.57. The summed E-state index contributed by atoms with van der Waals surface area (Å²) in [5, 5.41) is 2.60. The number of methoxy groups -OCH3 is 1. The number of piperazine rings is 1. The molecule has 2 amide bonds. The third kappa shape index (κ3) is 7.84. The third-order valence-corrected chi connectivity index (χ3v) is 6.22. The van der Waals surface area contributed by atoms with Gasteiger partial charge in [-0.3, -0.25) is 14.4 Å². The summed E-state index contributed by atoms with van der Waals surface area (Å²) in [6.45, 7) is 0.911. The molecule has 1 heterocycles. The first-order valence-electron chi connectivity index (χ1n) is 10.1. The lowest BCUT2D eigenvalue weighted by Crippen LogP contribution is -2.55. The highest BCUT2D eigenvalue weighted by molar-refractivity contribution is 7.88. The number of amides is 2. The molecule has 0 unspecified atom stereocenters. The number of benzene rings is 1. The molecule has 0 saturated carbocycles. The van der Waals surface area contributed by atoms with E-state index in [1.807, 2.05) is 0 Å². The smallest absolute Gasteiger partial charge is 0.305 e. The summed E-state index contributed by atoms with van der Waals surface area (Å²) in [6.07, 6.45) is 0.975. The first-order valence-corrected chi connectivity index (χ1v) is 11.9. The van der Waals surface area contributed by atoms with Crippen molar-refractivity contribution in [2.45, 2.75) is 18.9 Å². The summed E-state index contributed by atoms with van der Waals surface area (Å²) in [6, 6.07) is 3.80. The van der Waals surface area contributed by atoms with Crippen LogP contribution in [0, 0.1) is 5.82 Å². The summed E-state index contributed by atoms with van der Waals surface area (Å²) in [4.78, 5) is 39.0. The molecular formula is C20H28FN3O7S. The van der Waals surface area contributed by atoms with Crippen LogP contribution in [-0.4, -0.2) is 94.2 Å². The Balaban J connectivity index is 2.05. The van der Waals surface area contributed by atoms with Crippen molar-refractivity contribution in [3.8, 4) is 0 Å². The van der Waals surface area contributed by atoms with Crippen molar-refractivity contribution in [1.29, 1.82) is 0 Å². The highest BCUT2D eigenvalue weighted by Gasteiger charge is 2.31. The van der Waals surface area contributed by atoms with Crippen molar-refractivity contribution in [2.75, 3.05) is 52.8 Å². The van der Waals surface area contributed by atoms with Gasteiger partial charge in [-0.05, 0) is 30.7 Å². The molecule has 0 aliphatic carbocycles. The summed E-state index contributed by atoms with van der Waals surface area (Å²) in [7, 11) is -1.89. The quantitative estimate of drug-likeness (QED) is 0.375. The number of rotatable bonds is 10. The number of carbonyl (C=O) groups is 3. The maximum absolute atomic E-state index is 13.1. The van der Waals surface area contributed by atoms with Gasteiger partial charge in [0.25, 0.3) is 5.91 Å². The minimum Gasteiger partial charge on any atom is -0.463 e. The fourth-order valence-corrected chi connectivity index (χ4v) is 3.96. The first-order chi connectivity index (χ1) is 15.1. The maximum Gasteiger partial charge on any atom is 0.305 e. The normalized spacial score (nSPS) is 15.8. The first kappa shape index (κ1) is 25.7. The molecule has 1 aromatic rings. The van der Waals surface area contributed by atoms with E-state index >= 15 is 0 Å². The summed E-state index contributed by atoms with van der Waals surface area (Å²) in [5.41, 5.74) is 0.161. The Kier molecular flexibility index (Phi) is 9.54. The number of nitrogens with zero attached hydrogens (tertiary/aromatic N) is 2. The van der Waals surface area contributed by atoms with Crippen LogP contribution in [0.5, 0.6) is 0 Å². The fourth-order valence-electron chi connectivity index (χ4n) is 3.13. The molecular weight excluding hydrogens is 445 g/mol. The van der Waals surface area contributed by atoms with Gasteiger partial charge in [0, 0.05) is 45.3 Å². The predicted molar refractivity (Wildman–Crippen MR) is 113 cm³/mol. The lowest BCUT2D eigenvalue weighted by Gasteiger charge is -2.35. The van der Waals surface area contributed by atoms with Crippen LogP contribution in [0.1, 0.15) is 23.2 Å². The van der Waals surface area contributed by atoms with Crippen molar-refractivity contribution in [1.82, 2.24) is 14.5 Å². The van der Waals surface area contributed by atoms with Crippen LogP contribution in [0.15, 0.2) is 24.3 Å². The van der Waals surface area contributed by atoms with Crippen LogP contribution in [0.25, 0.3) is 0 Å². The largest absolute Gasteiger partial charge is 0.463 e. The molecule has 0 spiro atoms. The number of ether oxygens (including phenoxy) is 2. The Morgan fingerprint density at radius 1 is 1.09 bits per heavy atom. The van der Waals surface area contributed by atoms with E-state index in [0.29, 0.717) is 0 Å². The van der Waals surface area contributed by atoms with Gasteiger partial charge in [0.15, 0.2) is 0 Å². The minimum atomic E-state index is -3.36. The Bertz CT molecular complexity index is 900. The van der Waals surface area contributed by atoms with Gasteiger partial charge < -0.3 is 19.7 Å². The topological polar surface area (TPSA) is 122 Å². The van der Waals surface area contributed by atoms with Crippen LogP contribution in [-0.2, 0) is 29.1 Å². The molecule has 0 aromatic heterocycles. The van der Waals surface area contributed by atoms with Gasteiger partial charge in [-0.1, -0.05) is 0 Å². The fraction of sp³-hybridized carbons (Fsp3) is 0.550. The van der Waals surface area contributed by atoms with E-state index in [1.165, 1.54) is 28.4 Å². The van der Waals surface area contributed by atoms with Crippen molar-refractivity contribution in [3.05, 3.63) is 35.6 Å².